The number of hydrogen-bond donors (Lipinski definition) is 0. The first-order chi connectivity index (χ1) is 9.78. The summed E-state index contributed by atoms with van der Waals surface area (Å²) in [5, 5.41) is 8.54. The molecule has 7 heteroatoms. The van der Waals surface area contributed by atoms with Crippen LogP contribution in [0.15, 0.2) is 24.3 Å². The van der Waals surface area contributed by atoms with Crippen LogP contribution in [0.2, 0.25) is 0 Å². The van der Waals surface area contributed by atoms with Crippen molar-refractivity contribution in [1.29, 1.82) is 5.26 Å². The number of anilines is 1. The predicted octanol–water partition coefficient (Wildman–Crippen LogP) is 1.27. The van der Waals surface area contributed by atoms with E-state index in [2.05, 4.69) is 0 Å². The molecule has 21 heavy (non-hydrogen) atoms. The molecule has 0 heterocycles. The summed E-state index contributed by atoms with van der Waals surface area (Å²) in [7, 11) is 3.40. The molecule has 0 bridgehead atoms. The van der Waals surface area contributed by atoms with Crippen molar-refractivity contribution >= 4 is 15.9 Å². The van der Waals surface area contributed by atoms with Gasteiger partial charge in [0.2, 0.25) is 0 Å². The molecule has 1 aromatic rings. The van der Waals surface area contributed by atoms with Crippen LogP contribution in [0.25, 0.3) is 0 Å². The van der Waals surface area contributed by atoms with Gasteiger partial charge in [-0.3, -0.25) is 0 Å². The van der Waals surface area contributed by atoms with Crippen molar-refractivity contribution in [2.24, 2.45) is 0 Å². The van der Waals surface area contributed by atoms with Gasteiger partial charge in [0.1, 0.15) is 0 Å². The standard InChI is InChI=1S/C14H22N4O2S/c1-16(2)14-8-6-13(7-9-14)12-18(4)21(19,20)17(3)11-5-10-15/h6-9H,5,11-12H2,1-4H3. The van der Waals surface area contributed by atoms with E-state index >= 15 is 0 Å². The molecule has 0 atom stereocenters. The van der Waals surface area contributed by atoms with E-state index in [1.54, 1.807) is 0 Å². The average Bonchev–Trinajstić information content (AvgIpc) is 2.45. The second-order valence-corrected chi connectivity index (χ2v) is 7.20. The molecule has 116 valence electrons. The molecule has 0 aliphatic heterocycles. The minimum absolute atomic E-state index is 0.182. The van der Waals surface area contributed by atoms with Gasteiger partial charge < -0.3 is 4.90 Å². The Bertz CT molecular complexity index is 590. The molecule has 0 N–H and O–H groups in total. The highest BCUT2D eigenvalue weighted by Crippen LogP contribution is 2.15. The third kappa shape index (κ3) is 4.70. The van der Waals surface area contributed by atoms with Gasteiger partial charge in [0.25, 0.3) is 10.2 Å². The quantitative estimate of drug-likeness (QED) is 0.761. The van der Waals surface area contributed by atoms with Crippen LogP contribution in [0.3, 0.4) is 0 Å². The molecule has 1 aromatic carbocycles. The zero-order valence-electron chi connectivity index (χ0n) is 12.9. The van der Waals surface area contributed by atoms with Gasteiger partial charge in [-0.05, 0) is 17.7 Å². The second-order valence-electron chi connectivity index (χ2n) is 5.05. The van der Waals surface area contributed by atoms with E-state index in [-0.39, 0.29) is 13.0 Å². The van der Waals surface area contributed by atoms with Gasteiger partial charge in [0.05, 0.1) is 6.07 Å². The lowest BCUT2D eigenvalue weighted by atomic mass is 10.2. The van der Waals surface area contributed by atoms with Gasteiger partial charge in [-0.25, -0.2) is 0 Å². The Balaban J connectivity index is 2.75. The van der Waals surface area contributed by atoms with Crippen LogP contribution < -0.4 is 4.90 Å². The molecule has 1 rings (SSSR count). The summed E-state index contributed by atoms with van der Waals surface area (Å²) in [6.07, 6.45) is 0.182. The van der Waals surface area contributed by atoms with Gasteiger partial charge in [0, 0.05) is 53.4 Å². The molecule has 0 saturated carbocycles. The number of hydrogen-bond acceptors (Lipinski definition) is 4. The lowest BCUT2D eigenvalue weighted by Crippen LogP contribution is -2.39. The van der Waals surface area contributed by atoms with E-state index in [0.717, 1.165) is 11.3 Å². The summed E-state index contributed by atoms with van der Waals surface area (Å²) in [6, 6.07) is 9.68. The van der Waals surface area contributed by atoms with Crippen molar-refractivity contribution in [3.8, 4) is 6.07 Å². The number of rotatable bonds is 7. The molecule has 0 amide bonds. The summed E-state index contributed by atoms with van der Waals surface area (Å²) >= 11 is 0. The van der Waals surface area contributed by atoms with Gasteiger partial charge in [-0.15, -0.1) is 0 Å². The molecular formula is C14H22N4O2S. The summed E-state index contributed by atoms with van der Waals surface area (Å²) in [5.41, 5.74) is 1.98. The van der Waals surface area contributed by atoms with Crippen LogP contribution in [-0.2, 0) is 16.8 Å². The maximum atomic E-state index is 12.3. The van der Waals surface area contributed by atoms with Gasteiger partial charge >= 0.3 is 0 Å². The van der Waals surface area contributed by atoms with E-state index in [1.165, 1.54) is 22.7 Å². The molecule has 6 nitrogen and oxygen atoms in total. The zero-order valence-corrected chi connectivity index (χ0v) is 13.8. The number of benzene rings is 1. The molecular weight excluding hydrogens is 288 g/mol. The maximum Gasteiger partial charge on any atom is 0.281 e. The lowest BCUT2D eigenvalue weighted by molar-refractivity contribution is 0.392. The van der Waals surface area contributed by atoms with Crippen molar-refractivity contribution in [3.63, 3.8) is 0 Å². The van der Waals surface area contributed by atoms with E-state index in [1.807, 2.05) is 49.3 Å². The van der Waals surface area contributed by atoms with E-state index in [4.69, 9.17) is 5.26 Å². The smallest absolute Gasteiger partial charge is 0.281 e. The Morgan fingerprint density at radius 3 is 2.10 bits per heavy atom. The molecule has 0 saturated heterocycles. The van der Waals surface area contributed by atoms with Crippen molar-refractivity contribution in [2.45, 2.75) is 13.0 Å². The zero-order chi connectivity index (χ0) is 16.0. The van der Waals surface area contributed by atoms with Gasteiger partial charge in [0.15, 0.2) is 0 Å². The average molecular weight is 310 g/mol. The Morgan fingerprint density at radius 1 is 1.05 bits per heavy atom. The molecule has 0 unspecified atom stereocenters. The van der Waals surface area contributed by atoms with Crippen LogP contribution >= 0.6 is 0 Å². The van der Waals surface area contributed by atoms with E-state index < -0.39 is 10.2 Å². The normalized spacial score (nSPS) is 11.7. The van der Waals surface area contributed by atoms with Crippen molar-refractivity contribution in [1.82, 2.24) is 8.61 Å². The maximum absolute atomic E-state index is 12.3. The Morgan fingerprint density at radius 2 is 1.62 bits per heavy atom. The van der Waals surface area contributed by atoms with Crippen molar-refractivity contribution < 1.29 is 8.42 Å². The van der Waals surface area contributed by atoms with Crippen molar-refractivity contribution in [3.05, 3.63) is 29.8 Å². The Hall–Kier alpha value is -1.62. The monoisotopic (exact) mass is 310 g/mol. The first kappa shape index (κ1) is 17.4. The van der Waals surface area contributed by atoms with Crippen LogP contribution in [0.1, 0.15) is 12.0 Å². The highest BCUT2D eigenvalue weighted by Gasteiger charge is 2.23. The molecule has 0 spiro atoms. The summed E-state index contributed by atoms with van der Waals surface area (Å²) in [4.78, 5) is 1.99. The minimum atomic E-state index is -3.53. The fourth-order valence-electron chi connectivity index (χ4n) is 1.80. The van der Waals surface area contributed by atoms with Crippen LogP contribution in [0.5, 0.6) is 0 Å². The van der Waals surface area contributed by atoms with Gasteiger partial charge in [-0.1, -0.05) is 12.1 Å². The SMILES string of the molecule is CN(C)c1ccc(CN(C)S(=O)(=O)N(C)CCC#N)cc1. The highest BCUT2D eigenvalue weighted by atomic mass is 32.2. The molecule has 0 radical (unpaired) electrons. The third-order valence-electron chi connectivity index (χ3n) is 3.18. The molecule has 0 aromatic heterocycles. The van der Waals surface area contributed by atoms with Crippen LogP contribution in [0, 0.1) is 11.3 Å². The second kappa shape index (κ2) is 7.41. The fourth-order valence-corrected chi connectivity index (χ4v) is 2.91. The highest BCUT2D eigenvalue weighted by molar-refractivity contribution is 7.86. The van der Waals surface area contributed by atoms with Gasteiger partial charge in [-0.2, -0.15) is 22.3 Å². The third-order valence-corrected chi connectivity index (χ3v) is 5.07. The molecule has 0 aliphatic carbocycles. The lowest BCUT2D eigenvalue weighted by Gasteiger charge is -2.24. The molecule has 0 fully saturated rings. The fraction of sp³-hybridized carbons (Fsp3) is 0.500. The van der Waals surface area contributed by atoms with E-state index in [9.17, 15) is 8.42 Å². The summed E-state index contributed by atoms with van der Waals surface area (Å²) < 4.78 is 27.0. The number of nitrogens with zero attached hydrogens (tertiary/aromatic N) is 4. The largest absolute Gasteiger partial charge is 0.378 e. The summed E-state index contributed by atoms with van der Waals surface area (Å²) in [6.45, 7) is 0.496. The van der Waals surface area contributed by atoms with Crippen LogP contribution in [0.4, 0.5) is 5.69 Å². The first-order valence-corrected chi connectivity index (χ1v) is 7.99. The molecule has 0 aliphatic rings. The Kier molecular flexibility index (Phi) is 6.15. The number of nitriles is 1. The first-order valence-electron chi connectivity index (χ1n) is 6.60. The minimum Gasteiger partial charge on any atom is -0.378 e. The van der Waals surface area contributed by atoms with Crippen LogP contribution in [-0.4, -0.2) is 51.8 Å². The predicted molar refractivity (Wildman–Crippen MR) is 84.0 cm³/mol. The Labute approximate surface area is 127 Å². The van der Waals surface area contributed by atoms with E-state index in [0.29, 0.717) is 6.54 Å². The summed E-state index contributed by atoms with van der Waals surface area (Å²) in [5.74, 6) is 0. The van der Waals surface area contributed by atoms with Crippen molar-refractivity contribution in [2.75, 3.05) is 39.6 Å². The topological polar surface area (TPSA) is 67.7 Å².